The van der Waals surface area contributed by atoms with Gasteiger partial charge in [0.05, 0.1) is 17.3 Å². The van der Waals surface area contributed by atoms with Crippen molar-refractivity contribution in [1.82, 2.24) is 4.98 Å². The van der Waals surface area contributed by atoms with Crippen LogP contribution in [0.1, 0.15) is 5.56 Å². The van der Waals surface area contributed by atoms with Crippen molar-refractivity contribution in [2.45, 2.75) is 6.54 Å². The van der Waals surface area contributed by atoms with E-state index < -0.39 is 0 Å². The fourth-order valence-corrected chi connectivity index (χ4v) is 3.27. The van der Waals surface area contributed by atoms with Gasteiger partial charge in [-0.3, -0.25) is 0 Å². The fraction of sp³-hybridized carbons (Fsp3) is 0.133. The molecule has 3 aromatic rings. The van der Waals surface area contributed by atoms with Crippen LogP contribution in [-0.2, 0) is 6.54 Å². The number of anilines is 1. The third kappa shape index (κ3) is 2.94. The van der Waals surface area contributed by atoms with Crippen LogP contribution < -0.4 is 10.1 Å². The zero-order valence-electron chi connectivity index (χ0n) is 10.9. The van der Waals surface area contributed by atoms with Crippen LogP contribution in [0.3, 0.4) is 0 Å². The van der Waals surface area contributed by atoms with Crippen molar-refractivity contribution in [3.8, 4) is 5.75 Å². The van der Waals surface area contributed by atoms with E-state index in [-0.39, 0.29) is 0 Å². The summed E-state index contributed by atoms with van der Waals surface area (Å²) in [5.74, 6) is 0.861. The summed E-state index contributed by atoms with van der Waals surface area (Å²) in [5.41, 5.74) is 2.21. The van der Waals surface area contributed by atoms with E-state index >= 15 is 0 Å². The maximum Gasteiger partial charge on any atom is 0.184 e. The van der Waals surface area contributed by atoms with E-state index in [1.807, 2.05) is 30.3 Å². The summed E-state index contributed by atoms with van der Waals surface area (Å²) in [7, 11) is 1.68. The van der Waals surface area contributed by atoms with Gasteiger partial charge in [-0.2, -0.15) is 0 Å². The molecule has 102 valence electrons. The predicted octanol–water partition coefficient (Wildman–Crippen LogP) is 4.68. The molecule has 5 heteroatoms. The highest BCUT2D eigenvalue weighted by molar-refractivity contribution is 9.10. The number of rotatable bonds is 4. The Morgan fingerprint density at radius 1 is 1.25 bits per heavy atom. The molecule has 0 saturated carbocycles. The summed E-state index contributed by atoms with van der Waals surface area (Å²) >= 11 is 5.11. The maximum absolute atomic E-state index is 5.23. The molecule has 1 N–H and O–H groups in total. The van der Waals surface area contributed by atoms with Gasteiger partial charge in [-0.05, 0) is 35.9 Å². The molecule has 0 aliphatic carbocycles. The summed E-state index contributed by atoms with van der Waals surface area (Å²) < 4.78 is 7.44. The van der Waals surface area contributed by atoms with Gasteiger partial charge in [-0.1, -0.05) is 39.4 Å². The molecule has 1 aromatic heterocycles. The van der Waals surface area contributed by atoms with Crippen LogP contribution in [0.2, 0.25) is 0 Å². The number of hydrogen-bond acceptors (Lipinski definition) is 4. The zero-order chi connectivity index (χ0) is 13.9. The Kier molecular flexibility index (Phi) is 3.89. The van der Waals surface area contributed by atoms with Crippen LogP contribution in [0.4, 0.5) is 5.13 Å². The fourth-order valence-electron chi connectivity index (χ4n) is 1.93. The molecule has 0 aliphatic rings. The third-order valence-corrected chi connectivity index (χ3v) is 4.40. The van der Waals surface area contributed by atoms with E-state index in [4.69, 9.17) is 4.74 Å². The molecule has 1 heterocycles. The minimum atomic E-state index is 0.760. The number of nitrogens with zero attached hydrogens (tertiary/aromatic N) is 1. The second-order valence-electron chi connectivity index (χ2n) is 4.34. The lowest BCUT2D eigenvalue weighted by Crippen LogP contribution is -1.98. The molecule has 0 fully saturated rings. The first-order valence-electron chi connectivity index (χ1n) is 6.17. The molecule has 0 unspecified atom stereocenters. The second-order valence-corrected chi connectivity index (χ2v) is 6.28. The lowest BCUT2D eigenvalue weighted by atomic mass is 10.2. The number of thiazole rings is 1. The zero-order valence-corrected chi connectivity index (χ0v) is 13.3. The molecule has 3 rings (SSSR count). The Morgan fingerprint density at radius 3 is 2.95 bits per heavy atom. The smallest absolute Gasteiger partial charge is 0.184 e. The van der Waals surface area contributed by atoms with Crippen LogP contribution in [0.5, 0.6) is 5.75 Å². The maximum atomic E-state index is 5.23. The number of hydrogen-bond donors (Lipinski definition) is 1. The second kappa shape index (κ2) is 5.81. The van der Waals surface area contributed by atoms with E-state index in [1.165, 1.54) is 5.56 Å². The molecule has 0 bridgehead atoms. The van der Waals surface area contributed by atoms with Crippen LogP contribution in [0, 0.1) is 0 Å². The first-order chi connectivity index (χ1) is 9.74. The number of fused-ring (bicyclic) bond motifs is 1. The number of nitrogens with one attached hydrogen (secondary N) is 1. The number of methoxy groups -OCH3 is 1. The number of benzene rings is 2. The van der Waals surface area contributed by atoms with Crippen molar-refractivity contribution < 1.29 is 4.74 Å². The van der Waals surface area contributed by atoms with Crippen LogP contribution in [0.15, 0.2) is 46.9 Å². The highest BCUT2D eigenvalue weighted by Crippen LogP contribution is 2.29. The van der Waals surface area contributed by atoms with Gasteiger partial charge in [0, 0.05) is 11.0 Å². The SMILES string of the molecule is COc1ccc2nc(NCc3cccc(Br)c3)sc2c1. The highest BCUT2D eigenvalue weighted by Gasteiger charge is 2.05. The first kappa shape index (κ1) is 13.4. The van der Waals surface area contributed by atoms with E-state index in [0.717, 1.165) is 32.1 Å². The van der Waals surface area contributed by atoms with Gasteiger partial charge in [0.1, 0.15) is 5.75 Å². The van der Waals surface area contributed by atoms with E-state index in [9.17, 15) is 0 Å². The average Bonchev–Trinajstić information content (AvgIpc) is 2.87. The van der Waals surface area contributed by atoms with Gasteiger partial charge in [0.2, 0.25) is 0 Å². The topological polar surface area (TPSA) is 34.1 Å². The Bertz CT molecular complexity index is 742. The Balaban J connectivity index is 1.77. The average molecular weight is 349 g/mol. The third-order valence-electron chi connectivity index (χ3n) is 2.93. The van der Waals surface area contributed by atoms with Gasteiger partial charge in [0.15, 0.2) is 5.13 Å². The summed E-state index contributed by atoms with van der Waals surface area (Å²) in [6, 6.07) is 14.2. The molecular weight excluding hydrogens is 336 g/mol. The van der Waals surface area contributed by atoms with Crippen molar-refractivity contribution in [1.29, 1.82) is 0 Å². The van der Waals surface area contributed by atoms with Crippen molar-refractivity contribution in [3.63, 3.8) is 0 Å². The van der Waals surface area contributed by atoms with E-state index in [1.54, 1.807) is 18.4 Å². The van der Waals surface area contributed by atoms with Crippen molar-refractivity contribution in [2.75, 3.05) is 12.4 Å². The van der Waals surface area contributed by atoms with Crippen LogP contribution >= 0.6 is 27.3 Å². The Labute approximate surface area is 129 Å². The largest absolute Gasteiger partial charge is 0.497 e. The molecule has 20 heavy (non-hydrogen) atoms. The monoisotopic (exact) mass is 348 g/mol. The molecule has 0 saturated heterocycles. The summed E-state index contributed by atoms with van der Waals surface area (Å²) in [6.45, 7) is 0.760. The van der Waals surface area contributed by atoms with Gasteiger partial charge in [-0.25, -0.2) is 4.98 Å². The standard InChI is InChI=1S/C15H13BrN2OS/c1-19-12-5-6-13-14(8-12)20-15(18-13)17-9-10-3-2-4-11(16)7-10/h2-8H,9H2,1H3,(H,17,18). The van der Waals surface area contributed by atoms with Gasteiger partial charge >= 0.3 is 0 Å². The van der Waals surface area contributed by atoms with Crippen molar-refractivity contribution in [3.05, 3.63) is 52.5 Å². The number of ether oxygens (including phenoxy) is 1. The van der Waals surface area contributed by atoms with Crippen molar-refractivity contribution in [2.24, 2.45) is 0 Å². The van der Waals surface area contributed by atoms with Gasteiger partial charge < -0.3 is 10.1 Å². The first-order valence-corrected chi connectivity index (χ1v) is 7.78. The van der Waals surface area contributed by atoms with E-state index in [0.29, 0.717) is 0 Å². The number of halogens is 1. The molecule has 0 spiro atoms. The molecule has 0 amide bonds. The molecule has 3 nitrogen and oxygen atoms in total. The highest BCUT2D eigenvalue weighted by atomic mass is 79.9. The van der Waals surface area contributed by atoms with Crippen LogP contribution in [-0.4, -0.2) is 12.1 Å². The minimum Gasteiger partial charge on any atom is -0.497 e. The molecule has 2 aromatic carbocycles. The minimum absolute atomic E-state index is 0.760. The summed E-state index contributed by atoms with van der Waals surface area (Å²) in [4.78, 5) is 4.57. The molecular formula is C15H13BrN2OS. The number of aromatic nitrogens is 1. The van der Waals surface area contributed by atoms with Crippen molar-refractivity contribution >= 4 is 42.6 Å². The predicted molar refractivity (Wildman–Crippen MR) is 87.6 cm³/mol. The molecule has 0 atom stereocenters. The van der Waals surface area contributed by atoms with Crippen LogP contribution in [0.25, 0.3) is 10.2 Å². The normalized spacial score (nSPS) is 10.7. The lowest BCUT2D eigenvalue weighted by molar-refractivity contribution is 0.415. The summed E-state index contributed by atoms with van der Waals surface area (Å²) in [5, 5.41) is 4.29. The lowest BCUT2D eigenvalue weighted by Gasteiger charge is -2.02. The van der Waals surface area contributed by atoms with E-state index in [2.05, 4.69) is 38.4 Å². The quantitative estimate of drug-likeness (QED) is 0.743. The van der Waals surface area contributed by atoms with Gasteiger partial charge in [0.25, 0.3) is 0 Å². The summed E-state index contributed by atoms with van der Waals surface area (Å²) in [6.07, 6.45) is 0. The Morgan fingerprint density at radius 2 is 2.15 bits per heavy atom. The molecule has 0 aliphatic heterocycles. The Hall–Kier alpha value is -1.59. The molecule has 0 radical (unpaired) electrons. The van der Waals surface area contributed by atoms with Gasteiger partial charge in [-0.15, -0.1) is 0 Å².